The van der Waals surface area contributed by atoms with E-state index in [0.717, 1.165) is 57.7 Å². The van der Waals surface area contributed by atoms with E-state index in [0.29, 0.717) is 18.9 Å². The zero-order valence-corrected chi connectivity index (χ0v) is 14.4. The quantitative estimate of drug-likeness (QED) is 0.832. The van der Waals surface area contributed by atoms with Crippen molar-refractivity contribution in [2.45, 2.75) is 44.8 Å². The first-order chi connectivity index (χ1) is 11.7. The fraction of sp³-hybridized carbons (Fsp3) is 0.632. The molecule has 1 aromatic carbocycles. The van der Waals surface area contributed by atoms with Gasteiger partial charge >= 0.3 is 0 Å². The first-order valence-electron chi connectivity index (χ1n) is 9.11. The second kappa shape index (κ2) is 8.60. The largest absolute Gasteiger partial charge is 0.379 e. The Morgan fingerprint density at radius 1 is 1.25 bits per heavy atom. The minimum absolute atomic E-state index is 0.121. The average Bonchev–Trinajstić information content (AvgIpc) is 2.99. The van der Waals surface area contributed by atoms with Gasteiger partial charge in [0.15, 0.2) is 0 Å². The number of hydrogen-bond acceptors (Lipinski definition) is 4. The molecule has 3 rings (SSSR count). The van der Waals surface area contributed by atoms with Crippen LogP contribution in [0.3, 0.4) is 0 Å². The SMILES string of the molecule is N[C@@H]1CCC[C@H]1CC(=O)NCc1cccc(CN2CCOCC2)c1. The molecule has 24 heavy (non-hydrogen) atoms. The first kappa shape index (κ1) is 17.4. The van der Waals surface area contributed by atoms with E-state index in [1.165, 1.54) is 5.56 Å². The van der Waals surface area contributed by atoms with Crippen molar-refractivity contribution in [3.05, 3.63) is 35.4 Å². The molecule has 0 aromatic heterocycles. The van der Waals surface area contributed by atoms with Crippen molar-refractivity contribution >= 4 is 5.91 Å². The maximum atomic E-state index is 12.1. The third-order valence-electron chi connectivity index (χ3n) is 5.16. The molecule has 1 heterocycles. The molecule has 0 spiro atoms. The molecule has 3 N–H and O–H groups in total. The molecule has 1 aliphatic carbocycles. The molecule has 2 fully saturated rings. The first-order valence-corrected chi connectivity index (χ1v) is 9.11. The van der Waals surface area contributed by atoms with Crippen LogP contribution in [-0.4, -0.2) is 43.2 Å². The summed E-state index contributed by atoms with van der Waals surface area (Å²) in [6, 6.07) is 8.69. The lowest BCUT2D eigenvalue weighted by Gasteiger charge is -2.26. The molecule has 1 saturated carbocycles. The van der Waals surface area contributed by atoms with Crippen molar-refractivity contribution < 1.29 is 9.53 Å². The highest BCUT2D eigenvalue weighted by molar-refractivity contribution is 5.76. The second-order valence-electron chi connectivity index (χ2n) is 7.04. The van der Waals surface area contributed by atoms with Crippen LogP contribution in [0.4, 0.5) is 0 Å². The molecular weight excluding hydrogens is 302 g/mol. The number of ether oxygens (including phenoxy) is 1. The summed E-state index contributed by atoms with van der Waals surface area (Å²) in [6.07, 6.45) is 3.86. The molecule has 2 atom stereocenters. The zero-order valence-electron chi connectivity index (χ0n) is 14.4. The van der Waals surface area contributed by atoms with Crippen molar-refractivity contribution in [1.82, 2.24) is 10.2 Å². The summed E-state index contributed by atoms with van der Waals surface area (Å²) in [7, 11) is 0. The number of benzene rings is 1. The summed E-state index contributed by atoms with van der Waals surface area (Å²) < 4.78 is 5.39. The maximum absolute atomic E-state index is 12.1. The Labute approximate surface area is 144 Å². The molecule has 1 amide bonds. The Balaban J connectivity index is 1.46. The molecule has 1 aromatic rings. The number of rotatable bonds is 6. The predicted octanol–water partition coefficient (Wildman–Crippen LogP) is 1.65. The van der Waals surface area contributed by atoms with Gasteiger partial charge in [0, 0.05) is 38.6 Å². The third kappa shape index (κ3) is 5.03. The summed E-state index contributed by atoms with van der Waals surface area (Å²) >= 11 is 0. The maximum Gasteiger partial charge on any atom is 0.220 e. The number of amides is 1. The Kier molecular flexibility index (Phi) is 6.24. The molecule has 2 aliphatic rings. The normalized spacial score (nSPS) is 24.9. The standard InChI is InChI=1S/C19H29N3O2/c20-18-6-2-5-17(18)12-19(23)21-13-15-3-1-4-16(11-15)14-22-7-9-24-10-8-22/h1,3-4,11,17-18H,2,5-10,12-14,20H2,(H,21,23)/t17-,18+/m0/s1. The number of nitrogens with two attached hydrogens (primary N) is 1. The molecule has 5 heteroatoms. The Bertz CT molecular complexity index is 543. The van der Waals surface area contributed by atoms with Crippen LogP contribution in [0, 0.1) is 5.92 Å². The molecule has 1 aliphatic heterocycles. The lowest BCUT2D eigenvalue weighted by atomic mass is 10.00. The van der Waals surface area contributed by atoms with Crippen LogP contribution in [0.25, 0.3) is 0 Å². The number of morpholine rings is 1. The molecule has 0 radical (unpaired) electrons. The lowest BCUT2D eigenvalue weighted by Crippen LogP contribution is -2.35. The Morgan fingerprint density at radius 2 is 2.04 bits per heavy atom. The molecule has 132 valence electrons. The summed E-state index contributed by atoms with van der Waals surface area (Å²) in [6.45, 7) is 5.16. The van der Waals surface area contributed by atoms with Crippen molar-refractivity contribution in [2.24, 2.45) is 11.7 Å². The number of hydrogen-bond donors (Lipinski definition) is 2. The van der Waals surface area contributed by atoms with Crippen molar-refractivity contribution in [2.75, 3.05) is 26.3 Å². The summed E-state index contributed by atoms with van der Waals surface area (Å²) in [5.74, 6) is 0.480. The molecular formula is C19H29N3O2. The van der Waals surface area contributed by atoms with E-state index in [9.17, 15) is 4.79 Å². The summed E-state index contributed by atoms with van der Waals surface area (Å²) in [5, 5.41) is 3.05. The van der Waals surface area contributed by atoms with Gasteiger partial charge in [-0.15, -0.1) is 0 Å². The van der Waals surface area contributed by atoms with Crippen LogP contribution >= 0.6 is 0 Å². The van der Waals surface area contributed by atoms with Crippen LogP contribution in [0.15, 0.2) is 24.3 Å². The number of carbonyl (C=O) groups excluding carboxylic acids is 1. The van der Waals surface area contributed by atoms with E-state index >= 15 is 0 Å². The smallest absolute Gasteiger partial charge is 0.220 e. The molecule has 0 unspecified atom stereocenters. The second-order valence-corrected chi connectivity index (χ2v) is 7.04. The van der Waals surface area contributed by atoms with Crippen LogP contribution in [0.1, 0.15) is 36.8 Å². The monoisotopic (exact) mass is 331 g/mol. The van der Waals surface area contributed by atoms with Gasteiger partial charge in [0.25, 0.3) is 0 Å². The number of nitrogens with zero attached hydrogens (tertiary/aromatic N) is 1. The van der Waals surface area contributed by atoms with E-state index < -0.39 is 0 Å². The van der Waals surface area contributed by atoms with Gasteiger partial charge in [-0.1, -0.05) is 30.7 Å². The van der Waals surface area contributed by atoms with Gasteiger partial charge in [0.2, 0.25) is 5.91 Å². The highest BCUT2D eigenvalue weighted by atomic mass is 16.5. The van der Waals surface area contributed by atoms with Gasteiger partial charge in [-0.3, -0.25) is 9.69 Å². The summed E-state index contributed by atoms with van der Waals surface area (Å²) in [4.78, 5) is 14.5. The summed E-state index contributed by atoms with van der Waals surface area (Å²) in [5.41, 5.74) is 8.50. The lowest BCUT2D eigenvalue weighted by molar-refractivity contribution is -0.122. The van der Waals surface area contributed by atoms with Crippen LogP contribution in [-0.2, 0) is 22.6 Å². The average molecular weight is 331 g/mol. The van der Waals surface area contributed by atoms with E-state index in [-0.39, 0.29) is 11.9 Å². The Hall–Kier alpha value is -1.43. The van der Waals surface area contributed by atoms with Crippen molar-refractivity contribution in [3.8, 4) is 0 Å². The highest BCUT2D eigenvalue weighted by Gasteiger charge is 2.25. The van der Waals surface area contributed by atoms with Crippen molar-refractivity contribution in [1.29, 1.82) is 0 Å². The van der Waals surface area contributed by atoms with Crippen LogP contribution in [0.2, 0.25) is 0 Å². The van der Waals surface area contributed by atoms with E-state index in [2.05, 4.69) is 34.5 Å². The van der Waals surface area contributed by atoms with Gasteiger partial charge in [0.05, 0.1) is 13.2 Å². The van der Waals surface area contributed by atoms with Crippen molar-refractivity contribution in [3.63, 3.8) is 0 Å². The molecule has 1 saturated heterocycles. The third-order valence-corrected chi connectivity index (χ3v) is 5.16. The number of carbonyl (C=O) groups is 1. The number of nitrogens with one attached hydrogen (secondary N) is 1. The van der Waals surface area contributed by atoms with Gasteiger partial charge in [-0.25, -0.2) is 0 Å². The zero-order chi connectivity index (χ0) is 16.8. The minimum atomic E-state index is 0.121. The van der Waals surface area contributed by atoms with Gasteiger partial charge in [0.1, 0.15) is 0 Å². The van der Waals surface area contributed by atoms with E-state index in [1.54, 1.807) is 0 Å². The fourth-order valence-electron chi connectivity index (χ4n) is 3.69. The molecule has 5 nitrogen and oxygen atoms in total. The topological polar surface area (TPSA) is 67.6 Å². The molecule has 0 bridgehead atoms. The van der Waals surface area contributed by atoms with Crippen LogP contribution in [0.5, 0.6) is 0 Å². The predicted molar refractivity (Wildman–Crippen MR) is 94.3 cm³/mol. The highest BCUT2D eigenvalue weighted by Crippen LogP contribution is 2.26. The minimum Gasteiger partial charge on any atom is -0.379 e. The van der Waals surface area contributed by atoms with E-state index in [4.69, 9.17) is 10.5 Å². The van der Waals surface area contributed by atoms with Crippen LogP contribution < -0.4 is 11.1 Å². The fourth-order valence-corrected chi connectivity index (χ4v) is 3.69. The van der Waals surface area contributed by atoms with Gasteiger partial charge in [-0.2, -0.15) is 0 Å². The Morgan fingerprint density at radius 3 is 2.79 bits per heavy atom. The van der Waals surface area contributed by atoms with E-state index in [1.807, 2.05) is 0 Å². The van der Waals surface area contributed by atoms with Gasteiger partial charge in [-0.05, 0) is 29.9 Å². The van der Waals surface area contributed by atoms with Gasteiger partial charge < -0.3 is 15.8 Å².